The van der Waals surface area contributed by atoms with E-state index in [2.05, 4.69) is 49.9 Å². The van der Waals surface area contributed by atoms with Gasteiger partial charge in [-0.25, -0.2) is 15.0 Å². The summed E-state index contributed by atoms with van der Waals surface area (Å²) in [5.74, 6) is 1.32. The van der Waals surface area contributed by atoms with Gasteiger partial charge in [0.25, 0.3) is 0 Å². The maximum atomic E-state index is 5.67. The van der Waals surface area contributed by atoms with Gasteiger partial charge in [-0.15, -0.1) is 0 Å². The highest BCUT2D eigenvalue weighted by atomic mass is 16.5. The van der Waals surface area contributed by atoms with Crippen LogP contribution in [0.2, 0.25) is 0 Å². The molecule has 1 aromatic carbocycles. The summed E-state index contributed by atoms with van der Waals surface area (Å²) in [6.45, 7) is 6.05. The highest BCUT2D eigenvalue weighted by molar-refractivity contribution is 5.70. The number of aromatic nitrogens is 3. The smallest absolute Gasteiger partial charge is 0.237 e. The van der Waals surface area contributed by atoms with Crippen molar-refractivity contribution in [2.24, 2.45) is 0 Å². The molecule has 8 nitrogen and oxygen atoms in total. The quantitative estimate of drug-likeness (QED) is 0.584. The summed E-state index contributed by atoms with van der Waals surface area (Å²) in [6.07, 6.45) is 4.78. The molecule has 0 unspecified atom stereocenters. The summed E-state index contributed by atoms with van der Waals surface area (Å²) in [7, 11) is 1.95. The fourth-order valence-corrected chi connectivity index (χ4v) is 4.19. The highest BCUT2D eigenvalue weighted by Gasteiger charge is 2.24. The third-order valence-corrected chi connectivity index (χ3v) is 5.77. The zero-order valence-corrected chi connectivity index (χ0v) is 17.9. The van der Waals surface area contributed by atoms with E-state index in [9.17, 15) is 0 Å². The largest absolute Gasteiger partial charge is 0.474 e. The Morgan fingerprint density at radius 1 is 1.23 bits per heavy atom. The molecule has 3 aromatic rings. The number of anilines is 4. The third-order valence-electron chi connectivity index (χ3n) is 5.77. The zero-order valence-electron chi connectivity index (χ0n) is 17.9. The van der Waals surface area contributed by atoms with Gasteiger partial charge < -0.3 is 25.6 Å². The molecule has 2 aliphatic heterocycles. The van der Waals surface area contributed by atoms with Gasteiger partial charge in [0.15, 0.2) is 0 Å². The molecule has 31 heavy (non-hydrogen) atoms. The summed E-state index contributed by atoms with van der Waals surface area (Å²) >= 11 is 0. The Bertz CT molecular complexity index is 1100. The van der Waals surface area contributed by atoms with Gasteiger partial charge in [-0.05, 0) is 43.7 Å². The Labute approximate surface area is 182 Å². The molecule has 2 aromatic heterocycles. The molecule has 2 aliphatic rings. The molecule has 160 valence electrons. The molecule has 3 N–H and O–H groups in total. The van der Waals surface area contributed by atoms with Gasteiger partial charge in [-0.3, -0.25) is 0 Å². The zero-order chi connectivity index (χ0) is 21.2. The Kier molecular flexibility index (Phi) is 5.30. The Hall–Kier alpha value is -3.39. The lowest BCUT2D eigenvalue weighted by Crippen LogP contribution is -2.32. The Balaban J connectivity index is 1.37. The van der Waals surface area contributed by atoms with Crippen LogP contribution in [-0.2, 0) is 19.5 Å². The van der Waals surface area contributed by atoms with Crippen molar-refractivity contribution in [2.45, 2.75) is 26.4 Å². The molecule has 0 spiro atoms. The molecule has 0 saturated carbocycles. The number of rotatable bonds is 5. The van der Waals surface area contributed by atoms with Crippen LogP contribution < -0.4 is 25.6 Å². The molecule has 4 heterocycles. The lowest BCUT2D eigenvalue weighted by atomic mass is 10.0. The van der Waals surface area contributed by atoms with Crippen LogP contribution in [0.3, 0.4) is 0 Å². The highest BCUT2D eigenvalue weighted by Crippen LogP contribution is 2.36. The third kappa shape index (κ3) is 3.98. The van der Waals surface area contributed by atoms with Crippen molar-refractivity contribution in [3.8, 4) is 5.88 Å². The van der Waals surface area contributed by atoms with Gasteiger partial charge in [0.1, 0.15) is 12.3 Å². The van der Waals surface area contributed by atoms with E-state index >= 15 is 0 Å². The van der Waals surface area contributed by atoms with Crippen LogP contribution in [-0.4, -0.2) is 41.7 Å². The minimum absolute atomic E-state index is 0.623. The van der Waals surface area contributed by atoms with Crippen molar-refractivity contribution in [1.82, 2.24) is 20.3 Å². The maximum Gasteiger partial charge on any atom is 0.237 e. The molecular formula is C23H27N7O. The molecule has 0 saturated heterocycles. The second-order valence-corrected chi connectivity index (χ2v) is 7.92. The van der Waals surface area contributed by atoms with Gasteiger partial charge in [-0.1, -0.05) is 12.1 Å². The van der Waals surface area contributed by atoms with Crippen molar-refractivity contribution < 1.29 is 4.74 Å². The molecule has 5 rings (SSSR count). The number of hydrogen-bond acceptors (Lipinski definition) is 8. The summed E-state index contributed by atoms with van der Waals surface area (Å²) in [4.78, 5) is 16.2. The van der Waals surface area contributed by atoms with E-state index in [1.165, 1.54) is 16.7 Å². The van der Waals surface area contributed by atoms with Crippen molar-refractivity contribution >= 4 is 23.0 Å². The topological polar surface area (TPSA) is 87.2 Å². The van der Waals surface area contributed by atoms with Crippen LogP contribution in [0.1, 0.15) is 22.4 Å². The summed E-state index contributed by atoms with van der Waals surface area (Å²) in [6, 6.07) is 8.29. The average Bonchev–Trinajstić information content (AvgIpc) is 2.80. The monoisotopic (exact) mass is 417 g/mol. The van der Waals surface area contributed by atoms with E-state index in [1.807, 2.05) is 31.6 Å². The predicted octanol–water partition coefficient (Wildman–Crippen LogP) is 3.01. The molecule has 0 amide bonds. The number of pyridine rings is 1. The Morgan fingerprint density at radius 3 is 3.06 bits per heavy atom. The van der Waals surface area contributed by atoms with E-state index in [-0.39, 0.29) is 0 Å². The van der Waals surface area contributed by atoms with Gasteiger partial charge in [-0.2, -0.15) is 0 Å². The van der Waals surface area contributed by atoms with Crippen LogP contribution in [0.5, 0.6) is 5.88 Å². The van der Waals surface area contributed by atoms with Crippen LogP contribution in [0.4, 0.5) is 23.0 Å². The minimum Gasteiger partial charge on any atom is -0.474 e. The van der Waals surface area contributed by atoms with Gasteiger partial charge in [0, 0.05) is 37.1 Å². The standard InChI is InChI=1S/C23H27N7O/c1-15-20(13-26-22-21(15)25-7-9-31-22)30-8-6-17-12-27-23(29-19(17)14-30)28-18-5-3-4-16(10-18)11-24-2/h3-5,10,12-13,24-25H,6-9,11,14H2,1-2H3,(H,27,28,29). The van der Waals surface area contributed by atoms with Crippen LogP contribution in [0.25, 0.3) is 0 Å². The van der Waals surface area contributed by atoms with E-state index in [1.54, 1.807) is 0 Å². The minimum atomic E-state index is 0.623. The van der Waals surface area contributed by atoms with E-state index in [4.69, 9.17) is 9.72 Å². The second kappa shape index (κ2) is 8.39. The molecular weight excluding hydrogens is 390 g/mol. The molecule has 0 radical (unpaired) electrons. The van der Waals surface area contributed by atoms with Crippen molar-refractivity contribution in [2.75, 3.05) is 42.3 Å². The van der Waals surface area contributed by atoms with Gasteiger partial charge >= 0.3 is 0 Å². The van der Waals surface area contributed by atoms with Crippen molar-refractivity contribution in [3.63, 3.8) is 0 Å². The first-order chi connectivity index (χ1) is 15.2. The van der Waals surface area contributed by atoms with Crippen LogP contribution in [0.15, 0.2) is 36.7 Å². The van der Waals surface area contributed by atoms with Gasteiger partial charge in [0.2, 0.25) is 11.8 Å². The number of hydrogen-bond donors (Lipinski definition) is 3. The number of ether oxygens (including phenoxy) is 1. The summed E-state index contributed by atoms with van der Waals surface area (Å²) in [5.41, 5.74) is 7.75. The second-order valence-electron chi connectivity index (χ2n) is 7.92. The number of nitrogens with one attached hydrogen (secondary N) is 3. The molecule has 0 aliphatic carbocycles. The lowest BCUT2D eigenvalue weighted by molar-refractivity contribution is 0.310. The average molecular weight is 418 g/mol. The first kappa shape index (κ1) is 19.6. The molecule has 8 heteroatoms. The Morgan fingerprint density at radius 2 is 2.16 bits per heavy atom. The normalized spacial score (nSPS) is 14.8. The molecule has 0 bridgehead atoms. The van der Waals surface area contributed by atoms with Gasteiger partial charge in [0.05, 0.1) is 24.1 Å². The summed E-state index contributed by atoms with van der Waals surface area (Å²) in [5, 5.41) is 9.96. The number of nitrogens with zero attached hydrogens (tertiary/aromatic N) is 4. The van der Waals surface area contributed by atoms with Crippen LogP contribution >= 0.6 is 0 Å². The number of benzene rings is 1. The van der Waals surface area contributed by atoms with Crippen LogP contribution in [0, 0.1) is 6.92 Å². The lowest BCUT2D eigenvalue weighted by Gasteiger charge is -2.32. The number of fused-ring (bicyclic) bond motifs is 2. The fraction of sp³-hybridized carbons (Fsp3) is 0.348. The van der Waals surface area contributed by atoms with E-state index < -0.39 is 0 Å². The van der Waals surface area contributed by atoms with Crippen molar-refractivity contribution in [1.29, 1.82) is 0 Å². The molecule has 0 fully saturated rings. The van der Waals surface area contributed by atoms with E-state index in [0.717, 1.165) is 55.4 Å². The first-order valence-corrected chi connectivity index (χ1v) is 10.7. The maximum absolute atomic E-state index is 5.67. The SMILES string of the molecule is CNCc1cccc(Nc2ncc3c(n2)CN(c2cnc4c(c2C)NCCO4)CC3)c1. The molecule has 0 atom stereocenters. The van der Waals surface area contributed by atoms with E-state index in [0.29, 0.717) is 18.4 Å². The predicted molar refractivity (Wildman–Crippen MR) is 122 cm³/mol. The summed E-state index contributed by atoms with van der Waals surface area (Å²) < 4.78 is 5.67. The van der Waals surface area contributed by atoms with Crippen molar-refractivity contribution in [3.05, 3.63) is 59.0 Å². The fourth-order valence-electron chi connectivity index (χ4n) is 4.19. The first-order valence-electron chi connectivity index (χ1n) is 10.7.